The summed E-state index contributed by atoms with van der Waals surface area (Å²) < 4.78 is 8.76. The van der Waals surface area contributed by atoms with E-state index in [0.717, 1.165) is 4.57 Å². The molecule has 116 valence electrons. The maximum atomic E-state index is 12.4. The number of aromatic nitrogens is 3. The van der Waals surface area contributed by atoms with Gasteiger partial charge in [-0.15, -0.1) is 6.42 Å². The van der Waals surface area contributed by atoms with Crippen LogP contribution in [0.5, 0.6) is 0 Å². The number of aryl methyl sites for hydroxylation is 1. The van der Waals surface area contributed by atoms with Crippen LogP contribution in [0.3, 0.4) is 0 Å². The fourth-order valence-electron chi connectivity index (χ4n) is 2.40. The molecule has 0 bridgehead atoms. The Balaban J connectivity index is 2.35. The highest BCUT2D eigenvalue weighted by molar-refractivity contribution is 5.75. The van der Waals surface area contributed by atoms with Crippen LogP contribution < -0.4 is 17.0 Å². The van der Waals surface area contributed by atoms with Crippen molar-refractivity contribution in [2.24, 2.45) is 7.05 Å². The molecule has 0 unspecified atom stereocenters. The van der Waals surface area contributed by atoms with Crippen molar-refractivity contribution >= 4 is 11.1 Å². The van der Waals surface area contributed by atoms with Crippen LogP contribution in [0, 0.1) is 19.3 Å². The van der Waals surface area contributed by atoms with Crippen LogP contribution in [0.2, 0.25) is 0 Å². The lowest BCUT2D eigenvalue weighted by Crippen LogP contribution is -2.38. The fourth-order valence-corrected chi connectivity index (χ4v) is 2.40. The van der Waals surface area contributed by atoms with Gasteiger partial charge in [-0.05, 0) is 25.1 Å². The zero-order valence-corrected chi connectivity index (χ0v) is 12.6. The Morgan fingerprint density at radius 3 is 2.65 bits per heavy atom. The Morgan fingerprint density at radius 2 is 1.96 bits per heavy atom. The van der Waals surface area contributed by atoms with Gasteiger partial charge in [0.25, 0.3) is 5.56 Å². The summed E-state index contributed by atoms with van der Waals surface area (Å²) in [7, 11) is 1.58. The molecule has 1 aromatic carbocycles. The van der Waals surface area contributed by atoms with Gasteiger partial charge in [0.15, 0.2) is 5.58 Å². The van der Waals surface area contributed by atoms with Gasteiger partial charge in [0.2, 0.25) is 0 Å². The predicted molar refractivity (Wildman–Crippen MR) is 84.9 cm³/mol. The number of benzene rings is 1. The second-order valence-electron chi connectivity index (χ2n) is 5.11. The van der Waals surface area contributed by atoms with Crippen molar-refractivity contribution in [3.05, 3.63) is 61.3 Å². The number of hydrogen-bond donors (Lipinski definition) is 0. The van der Waals surface area contributed by atoms with Crippen molar-refractivity contribution in [2.45, 2.75) is 13.5 Å². The van der Waals surface area contributed by atoms with Gasteiger partial charge in [0.1, 0.15) is 0 Å². The molecule has 0 N–H and O–H groups in total. The standard InChI is InChI=1S/C16H13N3O4/c1-4-7-18-12-9-11(5-6-13(12)23-16(18)22)19-14(20)8-10(2)17(3)15(19)21/h1,5-6,8-9H,7H2,2-3H3. The summed E-state index contributed by atoms with van der Waals surface area (Å²) in [6.07, 6.45) is 5.25. The molecule has 0 saturated carbocycles. The highest BCUT2D eigenvalue weighted by Crippen LogP contribution is 2.16. The first-order valence-electron chi connectivity index (χ1n) is 6.81. The van der Waals surface area contributed by atoms with E-state index < -0.39 is 17.0 Å². The molecule has 0 aliphatic heterocycles. The van der Waals surface area contributed by atoms with Crippen LogP contribution >= 0.6 is 0 Å². The first kappa shape index (κ1) is 14.7. The lowest BCUT2D eigenvalue weighted by atomic mass is 10.2. The van der Waals surface area contributed by atoms with Crippen LogP contribution in [0.1, 0.15) is 5.69 Å². The van der Waals surface area contributed by atoms with E-state index in [9.17, 15) is 14.4 Å². The summed E-state index contributed by atoms with van der Waals surface area (Å²) in [4.78, 5) is 36.3. The normalized spacial score (nSPS) is 10.8. The number of nitrogens with zero attached hydrogens (tertiary/aromatic N) is 3. The molecule has 0 amide bonds. The van der Waals surface area contributed by atoms with Crippen LogP contribution in [-0.4, -0.2) is 13.7 Å². The third kappa shape index (κ3) is 2.21. The summed E-state index contributed by atoms with van der Waals surface area (Å²) in [5.74, 6) is 1.79. The average Bonchev–Trinajstić information content (AvgIpc) is 2.81. The molecule has 3 aromatic rings. The molecule has 2 heterocycles. The van der Waals surface area contributed by atoms with E-state index in [1.165, 1.54) is 27.3 Å². The molecular formula is C16H13N3O4. The molecule has 0 aliphatic carbocycles. The molecule has 3 rings (SSSR count). The van der Waals surface area contributed by atoms with Crippen molar-refractivity contribution in [1.82, 2.24) is 13.7 Å². The average molecular weight is 311 g/mol. The Labute approximate surface area is 130 Å². The zero-order chi connectivity index (χ0) is 16.7. The first-order chi connectivity index (χ1) is 10.9. The minimum absolute atomic E-state index is 0.0378. The monoisotopic (exact) mass is 311 g/mol. The van der Waals surface area contributed by atoms with Gasteiger partial charge in [0.05, 0.1) is 17.7 Å². The summed E-state index contributed by atoms with van der Waals surface area (Å²) >= 11 is 0. The number of fused-ring (bicyclic) bond motifs is 1. The fraction of sp³-hybridized carbons (Fsp3) is 0.188. The van der Waals surface area contributed by atoms with Crippen LogP contribution in [0.4, 0.5) is 0 Å². The number of terminal acetylenes is 1. The summed E-state index contributed by atoms with van der Waals surface area (Å²) in [5, 5.41) is 0. The van der Waals surface area contributed by atoms with Gasteiger partial charge in [-0.1, -0.05) is 5.92 Å². The molecule has 7 heteroatoms. The quantitative estimate of drug-likeness (QED) is 0.641. The Kier molecular flexibility index (Phi) is 3.30. The van der Waals surface area contributed by atoms with Gasteiger partial charge < -0.3 is 8.98 Å². The van der Waals surface area contributed by atoms with E-state index in [-0.39, 0.29) is 6.54 Å². The maximum Gasteiger partial charge on any atom is 0.420 e. The van der Waals surface area contributed by atoms with Gasteiger partial charge >= 0.3 is 11.4 Å². The number of hydrogen-bond acceptors (Lipinski definition) is 4. The summed E-state index contributed by atoms with van der Waals surface area (Å²) in [6, 6.07) is 5.99. The van der Waals surface area contributed by atoms with Gasteiger partial charge in [-0.25, -0.2) is 14.2 Å². The predicted octanol–water partition coefficient (Wildman–Crippen LogP) is 0.386. The molecule has 0 spiro atoms. The second-order valence-corrected chi connectivity index (χ2v) is 5.11. The van der Waals surface area contributed by atoms with E-state index >= 15 is 0 Å². The highest BCUT2D eigenvalue weighted by atomic mass is 16.4. The van der Waals surface area contributed by atoms with E-state index in [2.05, 4.69) is 5.92 Å². The van der Waals surface area contributed by atoms with Crippen molar-refractivity contribution < 1.29 is 4.42 Å². The lowest BCUT2D eigenvalue weighted by Gasteiger charge is -2.09. The van der Waals surface area contributed by atoms with Crippen molar-refractivity contribution in [3.63, 3.8) is 0 Å². The van der Waals surface area contributed by atoms with Gasteiger partial charge in [-0.3, -0.25) is 9.36 Å². The van der Waals surface area contributed by atoms with Crippen molar-refractivity contribution in [3.8, 4) is 18.0 Å². The molecule has 0 aliphatic rings. The third-order valence-electron chi connectivity index (χ3n) is 3.72. The SMILES string of the molecule is C#CCn1c(=O)oc2ccc(-n3c(=O)cc(C)n(C)c3=O)cc21. The van der Waals surface area contributed by atoms with E-state index in [1.807, 2.05) is 0 Å². The molecule has 23 heavy (non-hydrogen) atoms. The second kappa shape index (κ2) is 5.18. The van der Waals surface area contributed by atoms with Crippen molar-refractivity contribution in [2.75, 3.05) is 0 Å². The van der Waals surface area contributed by atoms with Crippen molar-refractivity contribution in [1.29, 1.82) is 0 Å². The molecule has 2 aromatic heterocycles. The smallest absolute Gasteiger partial charge is 0.408 e. The number of oxazole rings is 1. The Morgan fingerprint density at radius 1 is 1.22 bits per heavy atom. The minimum Gasteiger partial charge on any atom is -0.408 e. The third-order valence-corrected chi connectivity index (χ3v) is 3.72. The topological polar surface area (TPSA) is 79.1 Å². The summed E-state index contributed by atoms with van der Waals surface area (Å²) in [5.41, 5.74) is 0.758. The largest absolute Gasteiger partial charge is 0.420 e. The van der Waals surface area contributed by atoms with Gasteiger partial charge in [0, 0.05) is 18.8 Å². The highest BCUT2D eigenvalue weighted by Gasteiger charge is 2.13. The van der Waals surface area contributed by atoms with E-state index in [1.54, 1.807) is 20.0 Å². The van der Waals surface area contributed by atoms with E-state index in [0.29, 0.717) is 22.5 Å². The van der Waals surface area contributed by atoms with Crippen LogP contribution in [0.25, 0.3) is 16.8 Å². The molecule has 0 fully saturated rings. The molecule has 0 radical (unpaired) electrons. The van der Waals surface area contributed by atoms with E-state index in [4.69, 9.17) is 10.8 Å². The molecule has 0 saturated heterocycles. The van der Waals surface area contributed by atoms with Gasteiger partial charge in [-0.2, -0.15) is 0 Å². The Hall–Kier alpha value is -3.27. The minimum atomic E-state index is -0.584. The molecule has 0 atom stereocenters. The zero-order valence-electron chi connectivity index (χ0n) is 12.6. The molecular weight excluding hydrogens is 298 g/mol. The first-order valence-corrected chi connectivity index (χ1v) is 6.81. The van der Waals surface area contributed by atoms with Crippen LogP contribution in [-0.2, 0) is 13.6 Å². The Bertz CT molecular complexity index is 1140. The summed E-state index contributed by atoms with van der Waals surface area (Å²) in [6.45, 7) is 1.72. The lowest BCUT2D eigenvalue weighted by molar-refractivity contribution is 0.521. The number of rotatable bonds is 2. The molecule has 7 nitrogen and oxygen atoms in total. The maximum absolute atomic E-state index is 12.4. The van der Waals surface area contributed by atoms with Crippen LogP contribution in [0.15, 0.2) is 43.1 Å².